The second-order valence-corrected chi connectivity index (χ2v) is 5.34. The van der Waals surface area contributed by atoms with Gasteiger partial charge in [-0.2, -0.15) is 0 Å². The Morgan fingerprint density at radius 1 is 0.870 bits per heavy atom. The van der Waals surface area contributed by atoms with Crippen molar-refractivity contribution in [3.8, 4) is 5.75 Å². The second-order valence-electron chi connectivity index (χ2n) is 5.34. The molecule has 0 aromatic heterocycles. The number of carbonyl (C=O) groups is 1. The van der Waals surface area contributed by atoms with Crippen LogP contribution in [-0.2, 0) is 4.74 Å². The first-order valence-electron chi connectivity index (χ1n) is 7.40. The van der Waals surface area contributed by atoms with E-state index in [-0.39, 0.29) is 13.2 Å². The van der Waals surface area contributed by atoms with Crippen LogP contribution in [0.2, 0.25) is 0 Å². The average molecular weight is 306 g/mol. The van der Waals surface area contributed by atoms with E-state index in [9.17, 15) is 4.79 Å². The van der Waals surface area contributed by atoms with Gasteiger partial charge >= 0.3 is 6.16 Å². The van der Waals surface area contributed by atoms with Gasteiger partial charge in [-0.05, 0) is 33.7 Å². The van der Waals surface area contributed by atoms with E-state index in [4.69, 9.17) is 14.6 Å². The molecule has 114 valence electrons. The van der Waals surface area contributed by atoms with E-state index in [2.05, 4.69) is 24.3 Å². The minimum absolute atomic E-state index is 0.0787. The number of benzene rings is 4. The molecular formula is C19H14O4. The molecule has 23 heavy (non-hydrogen) atoms. The molecule has 1 N–H and O–H groups in total. The molecule has 4 aromatic rings. The highest BCUT2D eigenvalue weighted by Crippen LogP contribution is 2.38. The minimum Gasteiger partial charge on any atom is -0.432 e. The highest BCUT2D eigenvalue weighted by atomic mass is 16.7. The maximum absolute atomic E-state index is 11.7. The molecule has 0 aliphatic rings. The average Bonchev–Trinajstić information content (AvgIpc) is 2.59. The van der Waals surface area contributed by atoms with Gasteiger partial charge in [0.25, 0.3) is 0 Å². The zero-order chi connectivity index (χ0) is 15.8. The second kappa shape index (κ2) is 5.41. The number of carbonyl (C=O) groups excluding carboxylic acids is 1. The summed E-state index contributed by atoms with van der Waals surface area (Å²) < 4.78 is 10.1. The van der Waals surface area contributed by atoms with Gasteiger partial charge in [-0.1, -0.05) is 42.5 Å². The lowest BCUT2D eigenvalue weighted by Crippen LogP contribution is -2.13. The molecule has 4 heteroatoms. The first-order valence-corrected chi connectivity index (χ1v) is 7.40. The summed E-state index contributed by atoms with van der Waals surface area (Å²) in [5.41, 5.74) is 0. The smallest absolute Gasteiger partial charge is 0.432 e. The number of hydrogen-bond donors (Lipinski definition) is 1. The molecule has 0 aliphatic carbocycles. The highest BCUT2D eigenvalue weighted by Gasteiger charge is 2.14. The van der Waals surface area contributed by atoms with Crippen LogP contribution in [0.4, 0.5) is 4.79 Å². The Hall–Kier alpha value is -2.85. The molecule has 0 bridgehead atoms. The molecule has 0 amide bonds. The van der Waals surface area contributed by atoms with Crippen LogP contribution in [0.15, 0.2) is 54.6 Å². The lowest BCUT2D eigenvalue weighted by Gasteiger charge is -2.13. The topological polar surface area (TPSA) is 55.8 Å². The van der Waals surface area contributed by atoms with Gasteiger partial charge in [-0.3, -0.25) is 0 Å². The molecule has 4 rings (SSSR count). The van der Waals surface area contributed by atoms with E-state index in [0.717, 1.165) is 32.3 Å². The summed E-state index contributed by atoms with van der Waals surface area (Å²) in [6, 6.07) is 18.0. The summed E-state index contributed by atoms with van der Waals surface area (Å²) in [6.45, 7) is -0.307. The van der Waals surface area contributed by atoms with Gasteiger partial charge in [0.05, 0.1) is 6.61 Å². The van der Waals surface area contributed by atoms with Crippen molar-refractivity contribution in [1.82, 2.24) is 0 Å². The monoisotopic (exact) mass is 306 g/mol. The summed E-state index contributed by atoms with van der Waals surface area (Å²) in [4.78, 5) is 11.7. The van der Waals surface area contributed by atoms with Gasteiger partial charge in [-0.15, -0.1) is 0 Å². The summed E-state index contributed by atoms with van der Waals surface area (Å²) in [5.74, 6) is 0.457. The number of aliphatic hydroxyl groups is 1. The maximum atomic E-state index is 11.7. The molecular weight excluding hydrogens is 292 g/mol. The predicted octanol–water partition coefficient (Wildman–Crippen LogP) is 4.09. The van der Waals surface area contributed by atoms with Gasteiger partial charge in [0.15, 0.2) is 0 Å². The molecule has 0 aliphatic heterocycles. The summed E-state index contributed by atoms with van der Waals surface area (Å²) in [7, 11) is 0. The van der Waals surface area contributed by atoms with E-state index in [1.807, 2.05) is 24.3 Å². The molecule has 0 radical (unpaired) electrons. The van der Waals surface area contributed by atoms with Crippen molar-refractivity contribution in [2.24, 2.45) is 0 Å². The fraction of sp³-hybridized carbons (Fsp3) is 0.105. The molecule has 0 saturated heterocycles. The highest BCUT2D eigenvalue weighted by molar-refractivity contribution is 6.24. The molecule has 0 unspecified atom stereocenters. The van der Waals surface area contributed by atoms with Crippen LogP contribution >= 0.6 is 0 Å². The third-order valence-corrected chi connectivity index (χ3v) is 3.99. The molecule has 4 aromatic carbocycles. The van der Waals surface area contributed by atoms with Crippen molar-refractivity contribution in [2.45, 2.75) is 0 Å². The lowest BCUT2D eigenvalue weighted by atomic mass is 9.94. The fourth-order valence-electron chi connectivity index (χ4n) is 3.05. The Labute approximate surface area is 132 Å². The largest absolute Gasteiger partial charge is 0.513 e. The van der Waals surface area contributed by atoms with Crippen molar-refractivity contribution in [3.05, 3.63) is 54.6 Å². The Morgan fingerprint density at radius 2 is 1.52 bits per heavy atom. The maximum Gasteiger partial charge on any atom is 0.513 e. The van der Waals surface area contributed by atoms with Crippen LogP contribution in [0.5, 0.6) is 5.75 Å². The molecule has 0 spiro atoms. The zero-order valence-corrected chi connectivity index (χ0v) is 12.3. The molecule has 0 fully saturated rings. The van der Waals surface area contributed by atoms with Crippen LogP contribution in [0.3, 0.4) is 0 Å². The SMILES string of the molecule is O=C(OCCO)Oc1ccc2ccc3cccc4ccc1c2c34. The summed E-state index contributed by atoms with van der Waals surface area (Å²) in [6.07, 6.45) is -0.811. The van der Waals surface area contributed by atoms with Crippen molar-refractivity contribution in [1.29, 1.82) is 0 Å². The van der Waals surface area contributed by atoms with E-state index in [1.165, 1.54) is 0 Å². The minimum atomic E-state index is -0.811. The van der Waals surface area contributed by atoms with Crippen molar-refractivity contribution in [2.75, 3.05) is 13.2 Å². The van der Waals surface area contributed by atoms with Crippen LogP contribution in [0.25, 0.3) is 32.3 Å². The van der Waals surface area contributed by atoms with E-state index in [0.29, 0.717) is 5.75 Å². The Bertz CT molecular complexity index is 990. The van der Waals surface area contributed by atoms with E-state index < -0.39 is 6.16 Å². The van der Waals surface area contributed by atoms with Crippen LogP contribution in [0, 0.1) is 0 Å². The first-order chi connectivity index (χ1) is 11.3. The first kappa shape index (κ1) is 13.8. The quantitative estimate of drug-likeness (QED) is 0.352. The van der Waals surface area contributed by atoms with Gasteiger partial charge in [-0.25, -0.2) is 4.79 Å². The predicted molar refractivity (Wildman–Crippen MR) is 89.2 cm³/mol. The number of ether oxygens (including phenoxy) is 2. The number of hydrogen-bond acceptors (Lipinski definition) is 4. The lowest BCUT2D eigenvalue weighted by molar-refractivity contribution is 0.0812. The number of rotatable bonds is 3. The molecule has 0 saturated carbocycles. The Balaban J connectivity index is 1.91. The Morgan fingerprint density at radius 3 is 2.26 bits per heavy atom. The van der Waals surface area contributed by atoms with Crippen LogP contribution in [0.1, 0.15) is 0 Å². The third-order valence-electron chi connectivity index (χ3n) is 3.99. The van der Waals surface area contributed by atoms with Gasteiger partial charge in [0.2, 0.25) is 0 Å². The van der Waals surface area contributed by atoms with Crippen molar-refractivity contribution in [3.63, 3.8) is 0 Å². The molecule has 0 heterocycles. The standard InChI is InChI=1S/C19H14O4/c20-10-11-22-19(21)23-16-9-7-14-5-4-12-2-1-3-13-6-8-15(16)18(14)17(12)13/h1-9,20H,10-11H2. The van der Waals surface area contributed by atoms with Crippen molar-refractivity contribution >= 4 is 38.5 Å². The van der Waals surface area contributed by atoms with Gasteiger partial charge < -0.3 is 14.6 Å². The summed E-state index contributed by atoms with van der Waals surface area (Å²) >= 11 is 0. The molecule has 4 nitrogen and oxygen atoms in total. The summed E-state index contributed by atoms with van der Waals surface area (Å²) in [5, 5.41) is 15.2. The third kappa shape index (κ3) is 2.24. The normalized spacial score (nSPS) is 11.3. The van der Waals surface area contributed by atoms with Crippen LogP contribution < -0.4 is 4.74 Å². The fourth-order valence-corrected chi connectivity index (χ4v) is 3.05. The molecule has 0 atom stereocenters. The van der Waals surface area contributed by atoms with Crippen LogP contribution in [-0.4, -0.2) is 24.5 Å². The van der Waals surface area contributed by atoms with Gasteiger partial charge in [0, 0.05) is 10.8 Å². The van der Waals surface area contributed by atoms with Gasteiger partial charge in [0.1, 0.15) is 12.4 Å². The number of aliphatic hydroxyl groups excluding tert-OH is 1. The van der Waals surface area contributed by atoms with Crippen molar-refractivity contribution < 1.29 is 19.4 Å². The van der Waals surface area contributed by atoms with E-state index in [1.54, 1.807) is 6.07 Å². The zero-order valence-electron chi connectivity index (χ0n) is 12.3. The van der Waals surface area contributed by atoms with E-state index >= 15 is 0 Å². The Kier molecular flexibility index (Phi) is 3.24.